The van der Waals surface area contributed by atoms with Crippen molar-refractivity contribution in [2.75, 3.05) is 24.5 Å². The number of benzene rings is 1. The molecule has 0 unspecified atom stereocenters. The normalized spacial score (nSPS) is 18.4. The number of hydrogen-bond donors (Lipinski definition) is 1. The highest BCUT2D eigenvalue weighted by Gasteiger charge is 2.36. The van der Waals surface area contributed by atoms with Crippen LogP contribution >= 0.6 is 0 Å². The average Bonchev–Trinajstić information content (AvgIpc) is 3.74. The molecule has 0 bridgehead atoms. The monoisotopic (exact) mass is 563 g/mol. The number of carboxylic acid groups (broad SMARTS) is 1. The number of anilines is 1. The molecule has 0 aliphatic carbocycles. The van der Waals surface area contributed by atoms with Crippen LogP contribution in [0.25, 0.3) is 17.2 Å². The van der Waals surface area contributed by atoms with E-state index in [0.29, 0.717) is 36.1 Å². The van der Waals surface area contributed by atoms with E-state index in [9.17, 15) is 14.7 Å². The van der Waals surface area contributed by atoms with E-state index in [1.807, 2.05) is 19.2 Å². The van der Waals surface area contributed by atoms with Gasteiger partial charge in [0, 0.05) is 31.2 Å². The van der Waals surface area contributed by atoms with Crippen LogP contribution in [0.3, 0.4) is 0 Å². The van der Waals surface area contributed by atoms with E-state index in [1.54, 1.807) is 14.1 Å². The largest absolute Gasteiger partial charge is 0.478 e. The molecule has 1 N–H and O–H groups in total. The number of nitrogens with zero attached hydrogens (tertiary/aromatic N) is 9. The zero-order chi connectivity index (χ0) is 29.0. The van der Waals surface area contributed by atoms with Gasteiger partial charge in [0.15, 0.2) is 11.5 Å². The number of amides is 1. The molecule has 0 saturated carbocycles. The highest BCUT2D eigenvalue weighted by molar-refractivity contribution is 5.91. The molecular weight excluding hydrogens is 534 g/mol. The molecule has 1 amide bonds. The van der Waals surface area contributed by atoms with Crippen molar-refractivity contribution in [3.8, 4) is 11.5 Å². The second-order valence-corrected chi connectivity index (χ2v) is 11.2. The van der Waals surface area contributed by atoms with Crippen LogP contribution in [0.5, 0.6) is 0 Å². The molecule has 2 aliphatic rings. The summed E-state index contributed by atoms with van der Waals surface area (Å²) in [6.07, 6.45) is 4.43. The maximum absolute atomic E-state index is 13.5. The standard InChI is InChI=1S/C30H29N9O3/c1-19-14-22(37-11-9-30(2,18-37)21-6-4-3-5-7-21)16-39-27(19)33-26(35-39)28(40)36-12-13-38-24(17-36)32-25(34-38)23-15-20(29(41)42)8-10-31-23/h3-8,10,14-16H,9,11-13,17-18H2,1-2H3,(H,41,42)/t30-/m0/s1. The highest BCUT2D eigenvalue weighted by atomic mass is 16.4. The van der Waals surface area contributed by atoms with Gasteiger partial charge in [0.1, 0.15) is 11.5 Å². The summed E-state index contributed by atoms with van der Waals surface area (Å²) in [4.78, 5) is 42.3. The van der Waals surface area contributed by atoms with Gasteiger partial charge in [-0.05, 0) is 42.7 Å². The predicted molar refractivity (Wildman–Crippen MR) is 153 cm³/mol. The number of rotatable bonds is 5. The van der Waals surface area contributed by atoms with Crippen molar-refractivity contribution < 1.29 is 14.7 Å². The van der Waals surface area contributed by atoms with Gasteiger partial charge in [-0.15, -0.1) is 10.2 Å². The summed E-state index contributed by atoms with van der Waals surface area (Å²) in [5.74, 6) is -0.284. The topological polar surface area (TPSA) is 135 Å². The number of pyridine rings is 2. The first-order valence-electron chi connectivity index (χ1n) is 13.9. The third-order valence-corrected chi connectivity index (χ3v) is 8.29. The Labute approximate surface area is 241 Å². The molecule has 1 fully saturated rings. The smallest absolute Gasteiger partial charge is 0.335 e. The molecule has 42 heavy (non-hydrogen) atoms. The lowest BCUT2D eigenvalue weighted by Crippen LogP contribution is -2.39. The minimum absolute atomic E-state index is 0.0669. The van der Waals surface area contributed by atoms with Gasteiger partial charge >= 0.3 is 5.97 Å². The molecule has 4 aromatic heterocycles. The molecule has 7 rings (SSSR count). The van der Waals surface area contributed by atoms with E-state index < -0.39 is 5.97 Å². The quantitative estimate of drug-likeness (QED) is 0.342. The van der Waals surface area contributed by atoms with Gasteiger partial charge in [0.2, 0.25) is 5.82 Å². The first kappa shape index (κ1) is 25.8. The average molecular weight is 564 g/mol. The van der Waals surface area contributed by atoms with Crippen molar-refractivity contribution in [2.45, 2.75) is 38.8 Å². The predicted octanol–water partition coefficient (Wildman–Crippen LogP) is 3.21. The Bertz CT molecular complexity index is 1850. The second kappa shape index (κ2) is 9.75. The lowest BCUT2D eigenvalue weighted by atomic mass is 9.82. The molecule has 5 aromatic rings. The highest BCUT2D eigenvalue weighted by Crippen LogP contribution is 2.36. The Balaban J connectivity index is 1.10. The number of fused-ring (bicyclic) bond motifs is 2. The van der Waals surface area contributed by atoms with Gasteiger partial charge < -0.3 is 14.9 Å². The van der Waals surface area contributed by atoms with Crippen molar-refractivity contribution in [2.24, 2.45) is 0 Å². The number of aromatic nitrogens is 7. The van der Waals surface area contributed by atoms with Gasteiger partial charge in [0.25, 0.3) is 5.91 Å². The molecule has 1 aromatic carbocycles. The maximum Gasteiger partial charge on any atom is 0.335 e. The summed E-state index contributed by atoms with van der Waals surface area (Å²) < 4.78 is 3.43. The van der Waals surface area contributed by atoms with Crippen LogP contribution in [0.4, 0.5) is 5.69 Å². The Morgan fingerprint density at radius 3 is 2.64 bits per heavy atom. The molecule has 2 aliphatic heterocycles. The lowest BCUT2D eigenvalue weighted by Gasteiger charge is -2.26. The molecule has 0 radical (unpaired) electrons. The molecular formula is C30H29N9O3. The lowest BCUT2D eigenvalue weighted by molar-refractivity contribution is 0.0684. The van der Waals surface area contributed by atoms with Crippen LogP contribution in [0, 0.1) is 6.92 Å². The van der Waals surface area contributed by atoms with Gasteiger partial charge in [-0.3, -0.25) is 9.78 Å². The molecule has 12 heteroatoms. The van der Waals surface area contributed by atoms with E-state index >= 15 is 0 Å². The summed E-state index contributed by atoms with van der Waals surface area (Å²) >= 11 is 0. The Morgan fingerprint density at radius 1 is 1.00 bits per heavy atom. The van der Waals surface area contributed by atoms with Gasteiger partial charge in [-0.1, -0.05) is 37.3 Å². The van der Waals surface area contributed by atoms with E-state index in [0.717, 1.165) is 30.8 Å². The van der Waals surface area contributed by atoms with Gasteiger partial charge in [-0.25, -0.2) is 24.0 Å². The zero-order valence-corrected chi connectivity index (χ0v) is 23.3. The van der Waals surface area contributed by atoms with Crippen molar-refractivity contribution in [1.82, 2.24) is 39.2 Å². The van der Waals surface area contributed by atoms with E-state index in [1.165, 1.54) is 23.9 Å². The van der Waals surface area contributed by atoms with Crippen LogP contribution in [-0.4, -0.2) is 75.9 Å². The summed E-state index contributed by atoms with van der Waals surface area (Å²) in [5, 5.41) is 18.4. The van der Waals surface area contributed by atoms with Gasteiger partial charge in [0.05, 0.1) is 30.5 Å². The van der Waals surface area contributed by atoms with Crippen LogP contribution in [0.2, 0.25) is 0 Å². The minimum atomic E-state index is -1.05. The fourth-order valence-corrected chi connectivity index (χ4v) is 5.90. The minimum Gasteiger partial charge on any atom is -0.478 e. The zero-order valence-electron chi connectivity index (χ0n) is 23.3. The number of aromatic carboxylic acids is 1. The third kappa shape index (κ3) is 4.44. The van der Waals surface area contributed by atoms with Crippen molar-refractivity contribution in [3.05, 3.63) is 89.3 Å². The summed E-state index contributed by atoms with van der Waals surface area (Å²) in [6, 6.07) is 15.6. The number of carbonyl (C=O) groups is 2. The molecule has 1 saturated heterocycles. The first-order chi connectivity index (χ1) is 20.3. The molecule has 12 nitrogen and oxygen atoms in total. The third-order valence-electron chi connectivity index (χ3n) is 8.29. The summed E-state index contributed by atoms with van der Waals surface area (Å²) in [5.41, 5.74) is 4.54. The number of carboxylic acids is 1. The SMILES string of the molecule is Cc1cc(N2CC[C@](C)(c3ccccc3)C2)cn2nc(C(=O)N3CCn4nc(-c5cc(C(=O)O)ccn5)nc4C3)nc12. The number of carbonyl (C=O) groups excluding carboxylic acids is 1. The summed E-state index contributed by atoms with van der Waals surface area (Å²) in [7, 11) is 0. The van der Waals surface area contributed by atoms with Crippen LogP contribution in [-0.2, 0) is 18.5 Å². The van der Waals surface area contributed by atoms with Gasteiger partial charge in [-0.2, -0.15) is 0 Å². The van der Waals surface area contributed by atoms with E-state index in [4.69, 9.17) is 0 Å². The first-order valence-corrected chi connectivity index (χ1v) is 13.9. The van der Waals surface area contributed by atoms with Crippen LogP contribution in [0.15, 0.2) is 60.9 Å². The molecule has 1 atom stereocenters. The van der Waals surface area contributed by atoms with E-state index in [2.05, 4.69) is 67.3 Å². The number of aryl methyl sites for hydroxylation is 1. The fraction of sp³-hybridized carbons (Fsp3) is 0.300. The van der Waals surface area contributed by atoms with E-state index in [-0.39, 0.29) is 29.3 Å². The Morgan fingerprint density at radius 2 is 1.83 bits per heavy atom. The number of hydrogen-bond acceptors (Lipinski definition) is 8. The summed E-state index contributed by atoms with van der Waals surface area (Å²) in [6.45, 7) is 7.23. The van der Waals surface area contributed by atoms with Crippen molar-refractivity contribution in [3.63, 3.8) is 0 Å². The Kier molecular flexibility index (Phi) is 5.99. The van der Waals surface area contributed by atoms with Crippen LogP contribution in [0.1, 0.15) is 51.3 Å². The second-order valence-electron chi connectivity index (χ2n) is 11.2. The maximum atomic E-state index is 13.5. The van der Waals surface area contributed by atoms with Crippen LogP contribution < -0.4 is 4.90 Å². The molecule has 212 valence electrons. The Hall–Kier alpha value is -5.13. The van der Waals surface area contributed by atoms with Crippen molar-refractivity contribution >= 4 is 23.2 Å². The molecule has 6 heterocycles. The van der Waals surface area contributed by atoms with Crippen molar-refractivity contribution in [1.29, 1.82) is 0 Å². The fourth-order valence-electron chi connectivity index (χ4n) is 5.90. The molecule has 0 spiro atoms.